The number of carbonyl (C=O) groups is 2. The number of pyridine rings is 1. The van der Waals surface area contributed by atoms with E-state index < -0.39 is 42.3 Å². The molecule has 3 aliphatic heterocycles. The largest absolute Gasteiger partial charge is 0.464 e. The maximum absolute atomic E-state index is 14.7. The van der Waals surface area contributed by atoms with E-state index in [0.29, 0.717) is 69.1 Å². The number of thiazole rings is 1. The van der Waals surface area contributed by atoms with Crippen molar-refractivity contribution in [3.05, 3.63) is 52.1 Å². The van der Waals surface area contributed by atoms with Gasteiger partial charge in [-0.25, -0.2) is 10.4 Å². The molecule has 0 radical (unpaired) electrons. The lowest BCUT2D eigenvalue weighted by molar-refractivity contribution is -0.155. The van der Waals surface area contributed by atoms with Crippen LogP contribution in [0.4, 0.5) is 18.9 Å². The number of alkyl halides is 3. The minimum absolute atomic E-state index is 0.0150. The van der Waals surface area contributed by atoms with Crippen molar-refractivity contribution in [2.45, 2.75) is 77.4 Å². The third-order valence-electron chi connectivity index (χ3n) is 10.8. The summed E-state index contributed by atoms with van der Waals surface area (Å²) in [4.78, 5) is 41.0. The number of anilines is 1. The first-order chi connectivity index (χ1) is 26.1. The van der Waals surface area contributed by atoms with E-state index in [9.17, 15) is 22.8 Å². The fraction of sp³-hybridized carbons (Fsp3) is 0.538. The molecule has 16 heteroatoms. The van der Waals surface area contributed by atoms with E-state index in [1.165, 1.54) is 20.9 Å². The molecule has 12 nitrogen and oxygen atoms in total. The minimum Gasteiger partial charge on any atom is -0.464 e. The van der Waals surface area contributed by atoms with Gasteiger partial charge in [0, 0.05) is 79.1 Å². The van der Waals surface area contributed by atoms with Crippen molar-refractivity contribution >= 4 is 39.8 Å². The zero-order chi connectivity index (χ0) is 39.2. The van der Waals surface area contributed by atoms with Crippen molar-refractivity contribution in [3.8, 4) is 22.5 Å². The molecule has 2 saturated heterocycles. The highest BCUT2D eigenvalue weighted by Crippen LogP contribution is 2.44. The Morgan fingerprint density at radius 2 is 1.91 bits per heavy atom. The lowest BCUT2D eigenvalue weighted by Crippen LogP contribution is -2.59. The standard InChI is InChI=1S/C39H49F3N8O4S/c1-23(53-5)34-27(16-25(19-44-34)48-13-11-47(4)12-14-48)35-28-18-38(2,3)22-54-37(52)30-7-6-10-50(46-30)36(51)29(43)17-33-45-31(20-55-33)24-8-9-32(26(28)15-24)49(35)21-39(40,41)42/h8-9,15-16,19-20,23,29-30,46H,6-7,10-14,17-18,21-22,43H2,1-5H3/t23-,29-,30-/m0/s1. The normalized spacial score (nSPS) is 22.1. The van der Waals surface area contributed by atoms with Crippen LogP contribution < -0.4 is 16.1 Å². The van der Waals surface area contributed by atoms with Gasteiger partial charge in [0.15, 0.2) is 0 Å². The average molecular weight is 783 g/mol. The number of benzene rings is 1. The number of nitrogens with one attached hydrogen (secondary N) is 1. The van der Waals surface area contributed by atoms with E-state index in [0.717, 1.165) is 31.9 Å². The first-order valence-corrected chi connectivity index (χ1v) is 19.6. The highest BCUT2D eigenvalue weighted by molar-refractivity contribution is 7.10. The number of hydrogen-bond donors (Lipinski definition) is 2. The van der Waals surface area contributed by atoms with E-state index in [1.54, 1.807) is 25.4 Å². The molecule has 0 saturated carbocycles. The summed E-state index contributed by atoms with van der Waals surface area (Å²) >= 11 is 1.37. The molecule has 3 atom stereocenters. The molecule has 296 valence electrons. The summed E-state index contributed by atoms with van der Waals surface area (Å²) in [6.07, 6.45) is -1.79. The molecule has 6 heterocycles. The van der Waals surface area contributed by atoms with Crippen LogP contribution in [0.15, 0.2) is 35.8 Å². The molecule has 1 aromatic carbocycles. The van der Waals surface area contributed by atoms with Crippen molar-refractivity contribution in [1.29, 1.82) is 0 Å². The third kappa shape index (κ3) is 8.38. The molecule has 2 fully saturated rings. The second-order valence-corrected chi connectivity index (χ2v) is 16.7. The van der Waals surface area contributed by atoms with Gasteiger partial charge in [-0.15, -0.1) is 11.3 Å². The SMILES string of the molecule is CO[C@@H](C)c1ncc(N2CCN(C)CC2)cc1-c1c2c3cc(ccc3n1CC(F)(F)F)-c1csc(n1)C[C@H](N)C(=O)N1CCC[C@H](N1)C(=O)OCC(C)(C)C2. The number of carbonyl (C=O) groups excluding carboxylic acids is 2. The Labute approximate surface area is 322 Å². The monoisotopic (exact) mass is 782 g/mol. The summed E-state index contributed by atoms with van der Waals surface area (Å²) in [5.41, 5.74) is 13.4. The zero-order valence-corrected chi connectivity index (χ0v) is 32.7. The summed E-state index contributed by atoms with van der Waals surface area (Å²) < 4.78 is 57.2. The molecule has 1 amide bonds. The second-order valence-electron chi connectivity index (χ2n) is 15.8. The third-order valence-corrected chi connectivity index (χ3v) is 11.7. The predicted molar refractivity (Wildman–Crippen MR) is 205 cm³/mol. The van der Waals surface area contributed by atoms with Crippen LogP contribution in [0.5, 0.6) is 0 Å². The van der Waals surface area contributed by atoms with Crippen LogP contribution in [0.1, 0.15) is 56.0 Å². The lowest BCUT2D eigenvalue weighted by atomic mass is 9.84. The molecule has 0 spiro atoms. The minimum atomic E-state index is -4.55. The number of ether oxygens (including phenoxy) is 2. The zero-order valence-electron chi connectivity index (χ0n) is 31.9. The van der Waals surface area contributed by atoms with Crippen molar-refractivity contribution in [1.82, 2.24) is 29.9 Å². The van der Waals surface area contributed by atoms with Crippen molar-refractivity contribution in [3.63, 3.8) is 0 Å². The fourth-order valence-corrected chi connectivity index (χ4v) is 8.63. The van der Waals surface area contributed by atoms with Crippen LogP contribution in [-0.2, 0) is 38.4 Å². The maximum atomic E-state index is 14.7. The van der Waals surface area contributed by atoms with Crippen molar-refractivity contribution in [2.24, 2.45) is 11.1 Å². The highest BCUT2D eigenvalue weighted by Gasteiger charge is 2.37. The molecule has 3 aromatic heterocycles. The number of cyclic esters (lactones) is 1. The number of rotatable bonds is 5. The number of nitrogens with two attached hydrogens (primary N) is 1. The van der Waals surface area contributed by atoms with Gasteiger partial charge in [0.1, 0.15) is 12.6 Å². The summed E-state index contributed by atoms with van der Waals surface area (Å²) in [5, 5.41) is 4.56. The van der Waals surface area contributed by atoms with Gasteiger partial charge < -0.3 is 29.6 Å². The Kier molecular flexibility index (Phi) is 11.0. The average Bonchev–Trinajstić information content (AvgIpc) is 3.74. The van der Waals surface area contributed by atoms with Gasteiger partial charge >= 0.3 is 12.1 Å². The quantitative estimate of drug-likeness (QED) is 0.256. The molecule has 55 heavy (non-hydrogen) atoms. The van der Waals surface area contributed by atoms with Crippen LogP contribution in [0.2, 0.25) is 0 Å². The summed E-state index contributed by atoms with van der Waals surface area (Å²) in [6, 6.07) is 5.71. The molecule has 4 aromatic rings. The fourth-order valence-electron chi connectivity index (χ4n) is 7.77. The molecule has 3 N–H and O–H groups in total. The van der Waals surface area contributed by atoms with E-state index in [2.05, 4.69) is 22.3 Å². The van der Waals surface area contributed by atoms with Gasteiger partial charge in [0.05, 0.1) is 52.7 Å². The number of amides is 1. The number of fused-ring (bicyclic) bond motifs is 6. The van der Waals surface area contributed by atoms with Crippen LogP contribution >= 0.6 is 11.3 Å². The van der Waals surface area contributed by atoms with Gasteiger partial charge in [-0.2, -0.15) is 13.2 Å². The van der Waals surface area contributed by atoms with Crippen LogP contribution in [0.3, 0.4) is 0 Å². The smallest absolute Gasteiger partial charge is 0.406 e. The first kappa shape index (κ1) is 39.2. The Bertz CT molecular complexity index is 2060. The number of hydrogen-bond acceptors (Lipinski definition) is 11. The number of likely N-dealkylation sites (N-methyl/N-ethyl adjacent to an activating group) is 1. The van der Waals surface area contributed by atoms with E-state index in [1.807, 2.05) is 38.3 Å². The molecule has 0 unspecified atom stereocenters. The number of halogens is 3. The Balaban J connectivity index is 1.44. The molecular formula is C39H49F3N8O4S. The summed E-state index contributed by atoms with van der Waals surface area (Å²) in [6.45, 7) is 8.06. The van der Waals surface area contributed by atoms with Gasteiger partial charge in [0.25, 0.3) is 5.91 Å². The van der Waals surface area contributed by atoms with Gasteiger partial charge in [-0.1, -0.05) is 19.9 Å². The summed E-state index contributed by atoms with van der Waals surface area (Å²) in [7, 11) is 3.63. The number of nitrogens with zero attached hydrogens (tertiary/aromatic N) is 6. The van der Waals surface area contributed by atoms with Crippen LogP contribution in [0, 0.1) is 5.41 Å². The number of piperazine rings is 1. The molecule has 7 rings (SSSR count). The molecule has 3 aliphatic rings. The van der Waals surface area contributed by atoms with E-state index in [-0.39, 0.29) is 25.4 Å². The van der Waals surface area contributed by atoms with Gasteiger partial charge in [-0.3, -0.25) is 19.6 Å². The maximum Gasteiger partial charge on any atom is 0.406 e. The van der Waals surface area contributed by atoms with Crippen LogP contribution in [-0.4, -0.2) is 108 Å². The van der Waals surface area contributed by atoms with Gasteiger partial charge in [-0.05, 0) is 57.0 Å². The van der Waals surface area contributed by atoms with E-state index in [4.69, 9.17) is 25.2 Å². The highest BCUT2D eigenvalue weighted by atomic mass is 32.1. The predicted octanol–water partition coefficient (Wildman–Crippen LogP) is 5.34. The number of methoxy groups -OCH3 is 1. The Morgan fingerprint density at radius 3 is 2.64 bits per heavy atom. The molecular weight excluding hydrogens is 734 g/mol. The lowest BCUT2D eigenvalue weighted by Gasteiger charge is -2.35. The first-order valence-electron chi connectivity index (χ1n) is 18.7. The molecule has 6 bridgehead atoms. The summed E-state index contributed by atoms with van der Waals surface area (Å²) in [5.74, 6) is -0.847. The van der Waals surface area contributed by atoms with Crippen molar-refractivity contribution in [2.75, 3.05) is 58.4 Å². The van der Waals surface area contributed by atoms with Crippen molar-refractivity contribution < 1.29 is 32.2 Å². The topological polar surface area (TPSA) is 131 Å². The molecule has 0 aliphatic carbocycles. The van der Waals surface area contributed by atoms with Gasteiger partial charge in [0.2, 0.25) is 0 Å². The Morgan fingerprint density at radius 1 is 1.15 bits per heavy atom. The number of esters is 1. The van der Waals surface area contributed by atoms with Crippen LogP contribution in [0.25, 0.3) is 33.4 Å². The number of aromatic nitrogens is 3. The van der Waals surface area contributed by atoms with E-state index >= 15 is 0 Å². The number of hydrazine groups is 1. The second kappa shape index (κ2) is 15.4. The Hall–Kier alpha value is -4.09.